The van der Waals surface area contributed by atoms with Gasteiger partial charge in [0.2, 0.25) is 5.91 Å². The van der Waals surface area contributed by atoms with E-state index in [1.165, 1.54) is 4.88 Å². The Hall–Kier alpha value is -0.870. The van der Waals surface area contributed by atoms with Gasteiger partial charge in [-0.2, -0.15) is 0 Å². The molecule has 16 heavy (non-hydrogen) atoms. The molecule has 4 heteroatoms. The Morgan fingerprint density at radius 1 is 1.44 bits per heavy atom. The Bertz CT molecular complexity index is 314. The predicted molar refractivity (Wildman–Crippen MR) is 68.5 cm³/mol. The minimum absolute atomic E-state index is 0.103. The van der Waals surface area contributed by atoms with Gasteiger partial charge in [0, 0.05) is 29.9 Å². The molecule has 0 aliphatic rings. The predicted octanol–water partition coefficient (Wildman–Crippen LogP) is 2.14. The van der Waals surface area contributed by atoms with Crippen molar-refractivity contribution in [3.63, 3.8) is 0 Å². The molecule has 1 aromatic heterocycles. The Labute approximate surface area is 101 Å². The Kier molecular flexibility index (Phi) is 4.96. The zero-order valence-corrected chi connectivity index (χ0v) is 11.0. The van der Waals surface area contributed by atoms with Crippen LogP contribution in [-0.2, 0) is 11.3 Å². The summed E-state index contributed by atoms with van der Waals surface area (Å²) in [5.41, 5.74) is -0.134. The van der Waals surface area contributed by atoms with Gasteiger partial charge in [0.15, 0.2) is 0 Å². The molecule has 0 aliphatic heterocycles. The van der Waals surface area contributed by atoms with E-state index in [0.29, 0.717) is 6.42 Å². The first-order valence-corrected chi connectivity index (χ1v) is 6.39. The van der Waals surface area contributed by atoms with Gasteiger partial charge in [0.05, 0.1) is 0 Å². The molecule has 0 atom stereocenters. The van der Waals surface area contributed by atoms with E-state index in [1.54, 1.807) is 11.3 Å². The molecule has 1 heterocycles. The highest BCUT2D eigenvalue weighted by Gasteiger charge is 2.12. The molecule has 0 aromatic carbocycles. The summed E-state index contributed by atoms with van der Waals surface area (Å²) in [4.78, 5) is 12.8. The number of rotatable bonds is 5. The van der Waals surface area contributed by atoms with Crippen molar-refractivity contribution in [3.05, 3.63) is 22.4 Å². The van der Waals surface area contributed by atoms with Crippen LogP contribution in [0.4, 0.5) is 0 Å². The highest BCUT2D eigenvalue weighted by molar-refractivity contribution is 7.09. The quantitative estimate of drug-likeness (QED) is 0.774. The summed E-state index contributed by atoms with van der Waals surface area (Å²) in [6, 6.07) is 4.13. The average molecular weight is 240 g/mol. The van der Waals surface area contributed by atoms with Gasteiger partial charge < -0.3 is 10.6 Å². The summed E-state index contributed by atoms with van der Waals surface area (Å²) >= 11 is 1.73. The second-order valence-electron chi connectivity index (χ2n) is 4.80. The number of carbonyl (C=O) groups is 1. The fourth-order valence-electron chi connectivity index (χ4n) is 1.31. The van der Waals surface area contributed by atoms with Crippen molar-refractivity contribution in [2.75, 3.05) is 6.54 Å². The fourth-order valence-corrected chi connectivity index (χ4v) is 1.98. The summed E-state index contributed by atoms with van der Waals surface area (Å²) in [5, 5.41) is 8.25. The van der Waals surface area contributed by atoms with Crippen LogP contribution in [0.15, 0.2) is 17.5 Å². The normalized spacial score (nSPS) is 11.4. The van der Waals surface area contributed by atoms with Gasteiger partial charge in [-0.3, -0.25) is 4.79 Å². The molecule has 1 amide bonds. The highest BCUT2D eigenvalue weighted by atomic mass is 32.1. The Morgan fingerprint density at radius 3 is 2.75 bits per heavy atom. The number of nitrogens with one attached hydrogen (secondary N) is 2. The van der Waals surface area contributed by atoms with E-state index in [0.717, 1.165) is 13.1 Å². The monoisotopic (exact) mass is 240 g/mol. The maximum atomic E-state index is 11.5. The molecule has 0 saturated heterocycles. The molecule has 0 unspecified atom stereocenters. The smallest absolute Gasteiger partial charge is 0.221 e. The van der Waals surface area contributed by atoms with E-state index in [-0.39, 0.29) is 11.4 Å². The van der Waals surface area contributed by atoms with E-state index in [1.807, 2.05) is 26.8 Å². The van der Waals surface area contributed by atoms with Crippen molar-refractivity contribution in [2.24, 2.45) is 0 Å². The Morgan fingerprint density at radius 2 is 2.19 bits per heavy atom. The third-order valence-electron chi connectivity index (χ3n) is 1.92. The van der Waals surface area contributed by atoms with Crippen molar-refractivity contribution in [2.45, 2.75) is 39.3 Å². The van der Waals surface area contributed by atoms with E-state index >= 15 is 0 Å². The van der Waals surface area contributed by atoms with Gasteiger partial charge in [-0.05, 0) is 32.2 Å². The summed E-state index contributed by atoms with van der Waals surface area (Å²) in [7, 11) is 0. The number of hydrogen-bond acceptors (Lipinski definition) is 3. The highest BCUT2D eigenvalue weighted by Crippen LogP contribution is 2.07. The van der Waals surface area contributed by atoms with Crippen LogP contribution in [0, 0.1) is 0 Å². The maximum absolute atomic E-state index is 11.5. The molecule has 1 rings (SSSR count). The molecule has 0 spiro atoms. The minimum Gasteiger partial charge on any atom is -0.351 e. The summed E-state index contributed by atoms with van der Waals surface area (Å²) in [6.45, 7) is 7.54. The number of thiophene rings is 1. The van der Waals surface area contributed by atoms with Gasteiger partial charge in [-0.15, -0.1) is 11.3 Å². The fraction of sp³-hybridized carbons (Fsp3) is 0.583. The molecule has 0 fully saturated rings. The Balaban J connectivity index is 2.09. The van der Waals surface area contributed by atoms with Crippen molar-refractivity contribution in [3.8, 4) is 0 Å². The lowest BCUT2D eigenvalue weighted by Crippen LogP contribution is -2.41. The molecular formula is C12H20N2OS. The van der Waals surface area contributed by atoms with E-state index < -0.39 is 0 Å². The lowest BCUT2D eigenvalue weighted by Gasteiger charge is -2.20. The second-order valence-corrected chi connectivity index (χ2v) is 5.84. The molecule has 90 valence electrons. The molecular weight excluding hydrogens is 220 g/mol. The molecule has 0 bridgehead atoms. The van der Waals surface area contributed by atoms with Crippen molar-refractivity contribution in [1.82, 2.24) is 10.6 Å². The first-order valence-electron chi connectivity index (χ1n) is 5.51. The largest absolute Gasteiger partial charge is 0.351 e. The van der Waals surface area contributed by atoms with E-state index in [2.05, 4.69) is 22.1 Å². The molecule has 0 aliphatic carbocycles. The maximum Gasteiger partial charge on any atom is 0.221 e. The lowest BCUT2D eigenvalue weighted by molar-refractivity contribution is -0.122. The first kappa shape index (κ1) is 13.2. The average Bonchev–Trinajstić information content (AvgIpc) is 2.62. The molecule has 1 aromatic rings. The van der Waals surface area contributed by atoms with Gasteiger partial charge >= 0.3 is 0 Å². The first-order chi connectivity index (χ1) is 7.47. The molecule has 0 radical (unpaired) electrons. The number of carbonyl (C=O) groups excluding carboxylic acids is 1. The third-order valence-corrected chi connectivity index (χ3v) is 2.80. The molecule has 2 N–H and O–H groups in total. The topological polar surface area (TPSA) is 41.1 Å². The van der Waals surface area contributed by atoms with Gasteiger partial charge in [-0.1, -0.05) is 6.07 Å². The van der Waals surface area contributed by atoms with Crippen LogP contribution < -0.4 is 10.6 Å². The van der Waals surface area contributed by atoms with Crippen LogP contribution in [0.5, 0.6) is 0 Å². The van der Waals surface area contributed by atoms with E-state index in [9.17, 15) is 4.79 Å². The molecule has 0 saturated carbocycles. The zero-order valence-electron chi connectivity index (χ0n) is 10.2. The van der Waals surface area contributed by atoms with Crippen molar-refractivity contribution in [1.29, 1.82) is 0 Å². The molecule has 3 nitrogen and oxygen atoms in total. The number of amides is 1. The summed E-state index contributed by atoms with van der Waals surface area (Å²) < 4.78 is 0. The van der Waals surface area contributed by atoms with Crippen LogP contribution >= 0.6 is 11.3 Å². The minimum atomic E-state index is -0.134. The second kappa shape index (κ2) is 6.01. The van der Waals surface area contributed by atoms with Gasteiger partial charge in [-0.25, -0.2) is 0 Å². The SMILES string of the molecule is CC(C)(C)NC(=O)CCNCc1cccs1. The van der Waals surface area contributed by atoms with Crippen molar-refractivity contribution >= 4 is 17.2 Å². The standard InChI is InChI=1S/C12H20N2OS/c1-12(2,3)14-11(15)6-7-13-9-10-5-4-8-16-10/h4-5,8,13H,6-7,9H2,1-3H3,(H,14,15). The van der Waals surface area contributed by atoms with Crippen LogP contribution in [-0.4, -0.2) is 18.0 Å². The van der Waals surface area contributed by atoms with Gasteiger partial charge in [0.1, 0.15) is 0 Å². The van der Waals surface area contributed by atoms with Crippen molar-refractivity contribution < 1.29 is 4.79 Å². The lowest BCUT2D eigenvalue weighted by atomic mass is 10.1. The summed E-state index contributed by atoms with van der Waals surface area (Å²) in [5.74, 6) is 0.103. The number of hydrogen-bond donors (Lipinski definition) is 2. The van der Waals surface area contributed by atoms with Crippen LogP contribution in [0.2, 0.25) is 0 Å². The van der Waals surface area contributed by atoms with E-state index in [4.69, 9.17) is 0 Å². The zero-order chi connectivity index (χ0) is 12.0. The van der Waals surface area contributed by atoms with Gasteiger partial charge in [0.25, 0.3) is 0 Å². The van der Waals surface area contributed by atoms with Crippen LogP contribution in [0.3, 0.4) is 0 Å². The van der Waals surface area contributed by atoms with Crippen LogP contribution in [0.25, 0.3) is 0 Å². The summed E-state index contributed by atoms with van der Waals surface area (Å²) in [6.07, 6.45) is 0.530. The third kappa shape index (κ3) is 5.88. The van der Waals surface area contributed by atoms with Crippen LogP contribution in [0.1, 0.15) is 32.1 Å².